The van der Waals surface area contributed by atoms with E-state index in [0.717, 1.165) is 30.4 Å². The molecule has 1 fully saturated rings. The first-order valence-corrected chi connectivity index (χ1v) is 11.9. The quantitative estimate of drug-likeness (QED) is 0.540. The van der Waals surface area contributed by atoms with Crippen molar-refractivity contribution in [2.75, 3.05) is 0 Å². The molecule has 0 spiro atoms. The lowest BCUT2D eigenvalue weighted by Crippen LogP contribution is -2.42. The molecular weight excluding hydrogens is 449 g/mol. The molecule has 35 heavy (non-hydrogen) atoms. The zero-order chi connectivity index (χ0) is 25.6. The van der Waals surface area contributed by atoms with Gasteiger partial charge < -0.3 is 21.1 Å². The van der Waals surface area contributed by atoms with E-state index < -0.39 is 23.9 Å². The van der Waals surface area contributed by atoms with Crippen molar-refractivity contribution in [2.24, 2.45) is 11.7 Å². The molecule has 0 saturated heterocycles. The Kier molecular flexibility index (Phi) is 8.48. The first kappa shape index (κ1) is 26.2. The fourth-order valence-corrected chi connectivity index (χ4v) is 4.42. The van der Waals surface area contributed by atoms with Crippen molar-refractivity contribution in [1.29, 1.82) is 0 Å². The minimum Gasteiger partial charge on any atom is -0.445 e. The van der Waals surface area contributed by atoms with Crippen molar-refractivity contribution in [3.05, 3.63) is 71.0 Å². The van der Waals surface area contributed by atoms with Gasteiger partial charge >= 0.3 is 6.09 Å². The third kappa shape index (κ3) is 7.53. The minimum atomic E-state index is -1.02. The van der Waals surface area contributed by atoms with E-state index in [9.17, 15) is 18.8 Å². The first-order valence-electron chi connectivity index (χ1n) is 11.9. The minimum absolute atomic E-state index is 0.00958. The zero-order valence-corrected chi connectivity index (χ0v) is 20.5. The Morgan fingerprint density at radius 2 is 1.66 bits per heavy atom. The topological polar surface area (TPSA) is 111 Å². The van der Waals surface area contributed by atoms with Crippen LogP contribution in [-0.2, 0) is 20.9 Å². The Balaban J connectivity index is 1.67. The SMILES string of the molecule is CC(C)(C)NC(=O)OCc1ccc(C2CCCCC2C(=O)NC(C(N)=O)c2ccc(F)cc2)cc1. The van der Waals surface area contributed by atoms with Crippen molar-refractivity contribution in [2.45, 2.75) is 70.6 Å². The lowest BCUT2D eigenvalue weighted by molar-refractivity contribution is -0.131. The largest absolute Gasteiger partial charge is 0.445 e. The predicted octanol–water partition coefficient (Wildman–Crippen LogP) is 4.47. The van der Waals surface area contributed by atoms with Crippen LogP contribution in [0.5, 0.6) is 0 Å². The third-order valence-corrected chi connectivity index (χ3v) is 6.13. The summed E-state index contributed by atoms with van der Waals surface area (Å²) in [7, 11) is 0. The molecule has 0 radical (unpaired) electrons. The lowest BCUT2D eigenvalue weighted by Gasteiger charge is -2.32. The summed E-state index contributed by atoms with van der Waals surface area (Å²) in [5, 5.41) is 5.54. The number of carbonyl (C=O) groups excluding carboxylic acids is 3. The number of alkyl carbamates (subject to hydrolysis) is 1. The molecule has 2 aromatic carbocycles. The van der Waals surface area contributed by atoms with E-state index in [1.54, 1.807) is 0 Å². The fraction of sp³-hybridized carbons (Fsp3) is 0.444. The summed E-state index contributed by atoms with van der Waals surface area (Å²) in [6, 6.07) is 12.1. The van der Waals surface area contributed by atoms with E-state index in [1.165, 1.54) is 24.3 Å². The number of nitrogens with one attached hydrogen (secondary N) is 2. The monoisotopic (exact) mass is 483 g/mol. The van der Waals surface area contributed by atoms with E-state index in [-0.39, 0.29) is 29.9 Å². The van der Waals surface area contributed by atoms with Crippen LogP contribution in [0.3, 0.4) is 0 Å². The van der Waals surface area contributed by atoms with Gasteiger partial charge in [0, 0.05) is 11.5 Å². The summed E-state index contributed by atoms with van der Waals surface area (Å²) >= 11 is 0. The lowest BCUT2D eigenvalue weighted by atomic mass is 9.74. The van der Waals surface area contributed by atoms with Crippen molar-refractivity contribution in [3.63, 3.8) is 0 Å². The van der Waals surface area contributed by atoms with Crippen molar-refractivity contribution >= 4 is 17.9 Å². The van der Waals surface area contributed by atoms with Crippen molar-refractivity contribution in [3.8, 4) is 0 Å². The molecule has 1 aliphatic rings. The fourth-order valence-electron chi connectivity index (χ4n) is 4.42. The second-order valence-electron chi connectivity index (χ2n) is 10.1. The number of rotatable bonds is 7. The van der Waals surface area contributed by atoms with Crippen LogP contribution >= 0.6 is 0 Å². The molecule has 8 heteroatoms. The Labute approximate surface area is 205 Å². The number of nitrogens with two attached hydrogens (primary N) is 1. The number of benzene rings is 2. The molecule has 1 saturated carbocycles. The number of carbonyl (C=O) groups is 3. The molecule has 0 heterocycles. The highest BCUT2D eigenvalue weighted by Gasteiger charge is 2.34. The van der Waals surface area contributed by atoms with Gasteiger partial charge in [0.2, 0.25) is 11.8 Å². The molecule has 2 aromatic rings. The Bertz CT molecular complexity index is 1030. The van der Waals surface area contributed by atoms with Gasteiger partial charge in [-0.2, -0.15) is 0 Å². The molecule has 0 aromatic heterocycles. The average molecular weight is 484 g/mol. The van der Waals surface area contributed by atoms with E-state index in [2.05, 4.69) is 10.6 Å². The van der Waals surface area contributed by atoms with Crippen LogP contribution < -0.4 is 16.4 Å². The van der Waals surface area contributed by atoms with E-state index in [1.807, 2.05) is 45.0 Å². The molecular formula is C27H34FN3O4. The number of hydrogen-bond acceptors (Lipinski definition) is 4. The average Bonchev–Trinajstić information content (AvgIpc) is 2.81. The van der Waals surface area contributed by atoms with Gasteiger partial charge in [0.25, 0.3) is 0 Å². The van der Waals surface area contributed by atoms with Crippen LogP contribution in [0.2, 0.25) is 0 Å². The maximum absolute atomic E-state index is 13.3. The molecule has 7 nitrogen and oxygen atoms in total. The van der Waals surface area contributed by atoms with Gasteiger partial charge in [-0.15, -0.1) is 0 Å². The molecule has 3 atom stereocenters. The van der Waals surface area contributed by atoms with Crippen LogP contribution in [0.25, 0.3) is 0 Å². The second kappa shape index (κ2) is 11.3. The number of ether oxygens (including phenoxy) is 1. The summed E-state index contributed by atoms with van der Waals surface area (Å²) in [6.45, 7) is 5.79. The molecule has 3 amide bonds. The number of primary amides is 1. The summed E-state index contributed by atoms with van der Waals surface area (Å²) in [4.78, 5) is 37.2. The highest BCUT2D eigenvalue weighted by molar-refractivity contribution is 5.89. The smallest absolute Gasteiger partial charge is 0.407 e. The highest BCUT2D eigenvalue weighted by atomic mass is 19.1. The second-order valence-corrected chi connectivity index (χ2v) is 10.1. The zero-order valence-electron chi connectivity index (χ0n) is 20.5. The van der Waals surface area contributed by atoms with Gasteiger partial charge in [0.15, 0.2) is 0 Å². The number of amides is 3. The normalized spacial score (nSPS) is 18.9. The first-order chi connectivity index (χ1) is 16.5. The summed E-state index contributed by atoms with van der Waals surface area (Å²) < 4.78 is 18.6. The Morgan fingerprint density at radius 1 is 1.03 bits per heavy atom. The highest BCUT2D eigenvalue weighted by Crippen LogP contribution is 2.38. The summed E-state index contributed by atoms with van der Waals surface area (Å²) in [6.07, 6.45) is 2.99. The van der Waals surface area contributed by atoms with Gasteiger partial charge in [0.1, 0.15) is 18.5 Å². The number of halogens is 1. The van der Waals surface area contributed by atoms with Crippen LogP contribution in [0.4, 0.5) is 9.18 Å². The number of hydrogen-bond donors (Lipinski definition) is 3. The maximum atomic E-state index is 13.3. The van der Waals surface area contributed by atoms with Crippen molar-refractivity contribution in [1.82, 2.24) is 10.6 Å². The van der Waals surface area contributed by atoms with Crippen LogP contribution in [0, 0.1) is 11.7 Å². The van der Waals surface area contributed by atoms with Gasteiger partial charge in [-0.05, 0) is 68.4 Å². The third-order valence-electron chi connectivity index (χ3n) is 6.13. The molecule has 0 aliphatic heterocycles. The van der Waals surface area contributed by atoms with Gasteiger partial charge in [-0.1, -0.05) is 49.2 Å². The van der Waals surface area contributed by atoms with Gasteiger partial charge in [-0.25, -0.2) is 9.18 Å². The predicted molar refractivity (Wildman–Crippen MR) is 131 cm³/mol. The Hall–Kier alpha value is -3.42. The molecule has 188 valence electrons. The summed E-state index contributed by atoms with van der Waals surface area (Å²) in [5.41, 5.74) is 7.48. The standard InChI is InChI=1S/C27H34FN3O4/c1-27(2,3)31-26(34)35-16-17-8-10-18(11-9-17)21-6-4-5-7-22(21)25(33)30-23(24(29)32)19-12-14-20(28)15-13-19/h8-15,21-23H,4-7,16H2,1-3H3,(H2,29,32)(H,30,33)(H,31,34). The molecule has 0 bridgehead atoms. The molecule has 1 aliphatic carbocycles. The van der Waals surface area contributed by atoms with Crippen molar-refractivity contribution < 1.29 is 23.5 Å². The molecule has 3 rings (SSSR count). The Morgan fingerprint density at radius 3 is 2.26 bits per heavy atom. The van der Waals surface area contributed by atoms with Gasteiger partial charge in [0.05, 0.1) is 0 Å². The summed E-state index contributed by atoms with van der Waals surface area (Å²) in [5.74, 6) is -1.69. The van der Waals surface area contributed by atoms with Gasteiger partial charge in [-0.3, -0.25) is 9.59 Å². The maximum Gasteiger partial charge on any atom is 0.407 e. The van der Waals surface area contributed by atoms with Crippen LogP contribution in [-0.4, -0.2) is 23.4 Å². The van der Waals surface area contributed by atoms with E-state index >= 15 is 0 Å². The van der Waals surface area contributed by atoms with E-state index in [0.29, 0.717) is 12.0 Å². The van der Waals surface area contributed by atoms with Crippen LogP contribution in [0.1, 0.15) is 75.1 Å². The van der Waals surface area contributed by atoms with Crippen LogP contribution in [0.15, 0.2) is 48.5 Å². The molecule has 4 N–H and O–H groups in total. The molecule has 3 unspecified atom stereocenters. The van der Waals surface area contributed by atoms with E-state index in [4.69, 9.17) is 10.5 Å².